The van der Waals surface area contributed by atoms with Crippen molar-refractivity contribution in [3.63, 3.8) is 0 Å². The fraction of sp³-hybridized carbons (Fsp3) is 0.250. The Morgan fingerprint density at radius 2 is 1.68 bits per heavy atom. The van der Waals surface area contributed by atoms with Crippen LogP contribution >= 0.6 is 23.2 Å². The number of carbonyl (C=O) groups excluding carboxylic acids is 1. The van der Waals surface area contributed by atoms with E-state index < -0.39 is 21.4 Å². The third-order valence-corrected chi connectivity index (χ3v) is 8.37. The summed E-state index contributed by atoms with van der Waals surface area (Å²) in [5.74, 6) is 0.723. The molecule has 38 heavy (non-hydrogen) atoms. The van der Waals surface area contributed by atoms with E-state index in [1.807, 2.05) is 31.2 Å². The maximum absolute atomic E-state index is 12.7. The lowest BCUT2D eigenvalue weighted by atomic mass is 9.95. The SMILES string of the molecule is Cc1ccc(-c2noc(C3(c4c(Cl)cc(NC(=O)Cc5ccc(C(C)[SH](=O)=O)cc5)cc4Cl)CC3)n2)cc1. The molecule has 10 heteroatoms. The molecule has 4 aromatic rings. The molecular formula is C28H25Cl2N3O4S. The lowest BCUT2D eigenvalue weighted by Gasteiger charge is -2.17. The number of amides is 1. The van der Waals surface area contributed by atoms with Crippen LogP contribution in [0.1, 0.15) is 53.2 Å². The number of nitrogens with zero attached hydrogens (tertiary/aromatic N) is 2. The molecule has 0 spiro atoms. The Labute approximate surface area is 232 Å². The van der Waals surface area contributed by atoms with E-state index in [0.717, 1.165) is 29.5 Å². The molecule has 1 N–H and O–H groups in total. The quantitative estimate of drug-likeness (QED) is 0.242. The van der Waals surface area contributed by atoms with Crippen molar-refractivity contribution < 1.29 is 17.7 Å². The summed E-state index contributed by atoms with van der Waals surface area (Å²) in [6.45, 7) is 3.64. The lowest BCUT2D eigenvalue weighted by Crippen LogP contribution is -2.16. The average Bonchev–Trinajstić information content (AvgIpc) is 3.50. The molecule has 0 bridgehead atoms. The molecule has 1 heterocycles. The van der Waals surface area contributed by atoms with Gasteiger partial charge >= 0.3 is 0 Å². The minimum absolute atomic E-state index is 0.114. The van der Waals surface area contributed by atoms with Crippen molar-refractivity contribution >= 4 is 45.5 Å². The van der Waals surface area contributed by atoms with Gasteiger partial charge in [-0.15, -0.1) is 0 Å². The van der Waals surface area contributed by atoms with E-state index in [4.69, 9.17) is 27.7 Å². The van der Waals surface area contributed by atoms with Gasteiger partial charge in [0.25, 0.3) is 0 Å². The Morgan fingerprint density at radius 1 is 1.05 bits per heavy atom. The van der Waals surface area contributed by atoms with Gasteiger partial charge in [0.15, 0.2) is 0 Å². The normalized spacial score (nSPS) is 14.9. The third kappa shape index (κ3) is 5.34. The van der Waals surface area contributed by atoms with Gasteiger partial charge in [0.05, 0.1) is 17.1 Å². The molecule has 1 amide bonds. The molecule has 1 unspecified atom stereocenters. The Hall–Kier alpha value is -3.20. The van der Waals surface area contributed by atoms with Crippen LogP contribution in [0, 0.1) is 6.92 Å². The van der Waals surface area contributed by atoms with Crippen LogP contribution in [0.15, 0.2) is 65.2 Å². The first-order chi connectivity index (χ1) is 18.2. The minimum Gasteiger partial charge on any atom is -0.338 e. The number of benzene rings is 3. The van der Waals surface area contributed by atoms with Crippen LogP contribution in [0.5, 0.6) is 0 Å². The zero-order chi connectivity index (χ0) is 27.0. The number of rotatable bonds is 8. The predicted molar refractivity (Wildman–Crippen MR) is 148 cm³/mol. The summed E-state index contributed by atoms with van der Waals surface area (Å²) in [6.07, 6.45) is 1.65. The van der Waals surface area contributed by atoms with Crippen LogP contribution in [0.3, 0.4) is 0 Å². The number of anilines is 1. The maximum Gasteiger partial charge on any atom is 0.237 e. The standard InChI is InChI=1S/C28H25Cl2N3O4S/c1-16-3-7-20(8-4-16)26-32-27(37-33-26)28(11-12-28)25-22(29)14-21(15-23(25)30)31-24(34)13-18-5-9-19(10-6-18)17(2)38(35)36/h3-10,14-15,17,38H,11-13H2,1-2H3,(H,31,34). The summed E-state index contributed by atoms with van der Waals surface area (Å²) in [7, 11) is -2.55. The molecule has 0 aliphatic heterocycles. The first-order valence-corrected chi connectivity index (χ1v) is 14.1. The zero-order valence-electron chi connectivity index (χ0n) is 20.7. The van der Waals surface area contributed by atoms with Gasteiger partial charge in [-0.3, -0.25) is 4.79 Å². The highest BCUT2D eigenvalue weighted by Gasteiger charge is 2.53. The molecule has 1 saturated carbocycles. The summed E-state index contributed by atoms with van der Waals surface area (Å²) < 4.78 is 28.1. The summed E-state index contributed by atoms with van der Waals surface area (Å²) >= 11 is 13.4. The second kappa shape index (κ2) is 10.5. The summed E-state index contributed by atoms with van der Waals surface area (Å²) in [5, 5.41) is 7.25. The first-order valence-electron chi connectivity index (χ1n) is 12.1. The summed E-state index contributed by atoms with van der Waals surface area (Å²) in [6, 6.07) is 18.2. The van der Waals surface area contributed by atoms with Gasteiger partial charge in [-0.25, -0.2) is 8.42 Å². The number of aromatic nitrogens is 2. The third-order valence-electron chi connectivity index (χ3n) is 6.84. The predicted octanol–water partition coefficient (Wildman–Crippen LogP) is 6.29. The maximum atomic E-state index is 12.7. The van der Waals surface area contributed by atoms with Crippen molar-refractivity contribution in [2.45, 2.75) is 43.8 Å². The zero-order valence-corrected chi connectivity index (χ0v) is 23.1. The number of nitrogens with one attached hydrogen (secondary N) is 1. The van der Waals surface area contributed by atoms with Gasteiger partial charge in [0.2, 0.25) is 17.6 Å². The van der Waals surface area contributed by atoms with Crippen molar-refractivity contribution in [1.29, 1.82) is 0 Å². The van der Waals surface area contributed by atoms with Gasteiger partial charge in [-0.2, -0.15) is 4.98 Å². The van der Waals surface area contributed by atoms with E-state index in [-0.39, 0.29) is 12.3 Å². The molecule has 196 valence electrons. The number of thiol groups is 1. The van der Waals surface area contributed by atoms with Gasteiger partial charge in [0, 0.05) is 26.9 Å². The molecule has 1 atom stereocenters. The van der Waals surface area contributed by atoms with Crippen LogP contribution in [0.25, 0.3) is 11.4 Å². The van der Waals surface area contributed by atoms with E-state index in [2.05, 4.69) is 15.5 Å². The Morgan fingerprint density at radius 3 is 2.26 bits per heavy atom. The number of carbonyl (C=O) groups is 1. The van der Waals surface area contributed by atoms with Crippen LogP contribution in [-0.4, -0.2) is 24.5 Å². The lowest BCUT2D eigenvalue weighted by molar-refractivity contribution is -0.115. The van der Waals surface area contributed by atoms with E-state index in [1.165, 1.54) is 0 Å². The molecule has 1 aromatic heterocycles. The van der Waals surface area contributed by atoms with Crippen molar-refractivity contribution in [3.8, 4) is 11.4 Å². The summed E-state index contributed by atoms with van der Waals surface area (Å²) in [4.78, 5) is 17.3. The Bertz CT molecular complexity index is 1550. The van der Waals surface area contributed by atoms with Gasteiger partial charge < -0.3 is 9.84 Å². The smallest absolute Gasteiger partial charge is 0.237 e. The largest absolute Gasteiger partial charge is 0.338 e. The van der Waals surface area contributed by atoms with Gasteiger partial charge in [0.1, 0.15) is 10.7 Å². The molecule has 1 aliphatic carbocycles. The monoisotopic (exact) mass is 569 g/mol. The van der Waals surface area contributed by atoms with Crippen LogP contribution < -0.4 is 5.32 Å². The molecule has 0 saturated heterocycles. The average molecular weight is 570 g/mol. The van der Waals surface area contributed by atoms with Crippen molar-refractivity contribution in [3.05, 3.63) is 98.9 Å². The fourth-order valence-corrected chi connectivity index (χ4v) is 5.73. The number of hydrogen-bond acceptors (Lipinski definition) is 6. The second-order valence-electron chi connectivity index (χ2n) is 9.61. The van der Waals surface area contributed by atoms with Crippen molar-refractivity contribution in [2.75, 3.05) is 5.32 Å². The van der Waals surface area contributed by atoms with E-state index >= 15 is 0 Å². The topological polar surface area (TPSA) is 102 Å². The van der Waals surface area contributed by atoms with Crippen LogP contribution in [0.2, 0.25) is 10.0 Å². The molecular weight excluding hydrogens is 545 g/mol. The van der Waals surface area contributed by atoms with Crippen molar-refractivity contribution in [2.24, 2.45) is 0 Å². The first kappa shape index (κ1) is 26.4. The summed E-state index contributed by atoms with van der Waals surface area (Å²) in [5.41, 5.74) is 4.07. The number of aryl methyl sites for hydroxylation is 1. The Kier molecular flexibility index (Phi) is 7.31. The highest BCUT2D eigenvalue weighted by molar-refractivity contribution is 7.72. The molecule has 7 nitrogen and oxygen atoms in total. The minimum atomic E-state index is -2.55. The number of halogens is 2. The van der Waals surface area contributed by atoms with Gasteiger partial charge in [-0.1, -0.05) is 82.5 Å². The molecule has 5 rings (SSSR count). The van der Waals surface area contributed by atoms with Crippen LogP contribution in [-0.2, 0) is 27.3 Å². The molecule has 1 fully saturated rings. The van der Waals surface area contributed by atoms with E-state index in [0.29, 0.717) is 38.6 Å². The highest BCUT2D eigenvalue weighted by atomic mass is 35.5. The van der Waals surface area contributed by atoms with E-state index in [1.54, 1.807) is 43.3 Å². The van der Waals surface area contributed by atoms with Crippen LogP contribution in [0.4, 0.5) is 5.69 Å². The van der Waals surface area contributed by atoms with Crippen molar-refractivity contribution in [1.82, 2.24) is 10.1 Å². The fourth-order valence-electron chi connectivity index (χ4n) is 4.46. The second-order valence-corrected chi connectivity index (χ2v) is 11.8. The highest BCUT2D eigenvalue weighted by Crippen LogP contribution is 2.57. The number of hydrogen-bond donors (Lipinski definition) is 2. The van der Waals surface area contributed by atoms with Gasteiger partial charge in [-0.05, 0) is 49.9 Å². The molecule has 0 radical (unpaired) electrons. The van der Waals surface area contributed by atoms with E-state index in [9.17, 15) is 13.2 Å². The molecule has 1 aliphatic rings. The Balaban J connectivity index is 1.31. The molecule has 3 aromatic carbocycles.